The summed E-state index contributed by atoms with van der Waals surface area (Å²) in [7, 11) is 0. The molecule has 0 saturated carbocycles. The Balaban J connectivity index is 1.46. The fraction of sp³-hybridized carbons (Fsp3) is 0.190. The maximum Gasteiger partial charge on any atom is 0.326 e. The first-order valence-corrected chi connectivity index (χ1v) is 10.7. The van der Waals surface area contributed by atoms with Crippen molar-refractivity contribution in [2.24, 2.45) is 0 Å². The molecule has 0 saturated heterocycles. The van der Waals surface area contributed by atoms with E-state index in [0.717, 1.165) is 38.8 Å². The maximum absolute atomic E-state index is 12.2. The van der Waals surface area contributed by atoms with E-state index in [1.54, 1.807) is 27.7 Å². The Morgan fingerprint density at radius 1 is 1.21 bits per heavy atom. The van der Waals surface area contributed by atoms with E-state index < -0.39 is 0 Å². The largest absolute Gasteiger partial charge is 0.326 e. The number of thioether (sulfide) groups is 1. The molecule has 140 valence electrons. The van der Waals surface area contributed by atoms with Crippen molar-refractivity contribution in [3.8, 4) is 16.6 Å². The third-order valence-electron chi connectivity index (χ3n) is 4.42. The number of nitrogens with one attached hydrogen (secondary N) is 1. The van der Waals surface area contributed by atoms with Crippen LogP contribution in [0, 0.1) is 18.3 Å². The SMILES string of the molecule is Cc1ccc(-c2ccc(C#N)c(SCCCn3c(=O)[nH]c4ccccc43)n2)s1. The van der Waals surface area contributed by atoms with Gasteiger partial charge >= 0.3 is 5.69 Å². The van der Waals surface area contributed by atoms with Crippen LogP contribution in [0.3, 0.4) is 0 Å². The quantitative estimate of drug-likeness (QED) is 0.368. The van der Waals surface area contributed by atoms with E-state index in [2.05, 4.69) is 30.1 Å². The van der Waals surface area contributed by atoms with Crippen LogP contribution in [0.15, 0.2) is 58.4 Å². The first-order chi connectivity index (χ1) is 13.7. The lowest BCUT2D eigenvalue weighted by atomic mass is 10.2. The molecule has 3 aromatic heterocycles. The summed E-state index contributed by atoms with van der Waals surface area (Å²) in [5.41, 5.74) is 3.17. The Kier molecular flexibility index (Phi) is 5.33. The molecule has 3 heterocycles. The summed E-state index contributed by atoms with van der Waals surface area (Å²) in [5, 5.41) is 10.1. The number of imidazole rings is 1. The molecule has 0 unspecified atom stereocenters. The summed E-state index contributed by atoms with van der Waals surface area (Å²) < 4.78 is 1.76. The molecule has 7 heteroatoms. The van der Waals surface area contributed by atoms with Crippen molar-refractivity contribution >= 4 is 34.1 Å². The second-order valence-corrected chi connectivity index (χ2v) is 8.74. The summed E-state index contributed by atoms with van der Waals surface area (Å²) in [5.74, 6) is 0.778. The zero-order chi connectivity index (χ0) is 19.5. The van der Waals surface area contributed by atoms with Crippen molar-refractivity contribution in [1.82, 2.24) is 14.5 Å². The number of hydrogen-bond donors (Lipinski definition) is 1. The number of nitrogens with zero attached hydrogens (tertiary/aromatic N) is 3. The molecule has 1 N–H and O–H groups in total. The van der Waals surface area contributed by atoms with Gasteiger partial charge in [-0.05, 0) is 49.7 Å². The van der Waals surface area contributed by atoms with Crippen LogP contribution in [0.5, 0.6) is 0 Å². The Morgan fingerprint density at radius 3 is 2.86 bits per heavy atom. The molecule has 0 amide bonds. The van der Waals surface area contributed by atoms with Gasteiger partial charge in [-0.25, -0.2) is 9.78 Å². The van der Waals surface area contributed by atoms with Gasteiger partial charge < -0.3 is 4.98 Å². The minimum atomic E-state index is -0.0860. The Labute approximate surface area is 170 Å². The number of H-pyrrole nitrogens is 1. The molecule has 0 aliphatic rings. The van der Waals surface area contributed by atoms with E-state index >= 15 is 0 Å². The van der Waals surface area contributed by atoms with Crippen LogP contribution in [0.2, 0.25) is 0 Å². The van der Waals surface area contributed by atoms with Crippen molar-refractivity contribution in [1.29, 1.82) is 5.26 Å². The van der Waals surface area contributed by atoms with Gasteiger partial charge in [0.25, 0.3) is 0 Å². The smallest absolute Gasteiger partial charge is 0.306 e. The summed E-state index contributed by atoms with van der Waals surface area (Å²) in [6.07, 6.45) is 0.807. The number of aromatic amines is 1. The molecular weight excluding hydrogens is 388 g/mol. The monoisotopic (exact) mass is 406 g/mol. The van der Waals surface area contributed by atoms with E-state index in [4.69, 9.17) is 4.98 Å². The number of fused-ring (bicyclic) bond motifs is 1. The van der Waals surface area contributed by atoms with E-state index in [1.807, 2.05) is 36.4 Å². The van der Waals surface area contributed by atoms with Gasteiger partial charge in [0.1, 0.15) is 11.1 Å². The predicted molar refractivity (Wildman–Crippen MR) is 115 cm³/mol. The van der Waals surface area contributed by atoms with Gasteiger partial charge in [0, 0.05) is 17.2 Å². The summed E-state index contributed by atoms with van der Waals surface area (Å²) in [4.78, 5) is 22.1. The van der Waals surface area contributed by atoms with Crippen LogP contribution in [0.1, 0.15) is 16.9 Å². The number of rotatable bonds is 6. The molecule has 0 aliphatic carbocycles. The Morgan fingerprint density at radius 2 is 2.07 bits per heavy atom. The fourth-order valence-electron chi connectivity index (χ4n) is 3.07. The topological polar surface area (TPSA) is 74.5 Å². The number of thiophene rings is 1. The van der Waals surface area contributed by atoms with Crippen LogP contribution in [0.25, 0.3) is 21.6 Å². The minimum Gasteiger partial charge on any atom is -0.306 e. The number of hydrogen-bond acceptors (Lipinski definition) is 5. The fourth-order valence-corrected chi connectivity index (χ4v) is 4.80. The Bertz CT molecular complexity index is 1230. The highest BCUT2D eigenvalue weighted by Crippen LogP contribution is 2.30. The van der Waals surface area contributed by atoms with Crippen molar-refractivity contribution in [3.05, 3.63) is 69.5 Å². The van der Waals surface area contributed by atoms with Gasteiger partial charge in [0.05, 0.1) is 27.2 Å². The van der Waals surface area contributed by atoms with Crippen LogP contribution in [-0.2, 0) is 6.54 Å². The molecule has 5 nitrogen and oxygen atoms in total. The lowest BCUT2D eigenvalue weighted by molar-refractivity contribution is 0.679. The summed E-state index contributed by atoms with van der Waals surface area (Å²) in [6.45, 7) is 2.70. The van der Waals surface area contributed by atoms with E-state index in [9.17, 15) is 10.1 Å². The highest BCUT2D eigenvalue weighted by molar-refractivity contribution is 7.99. The second kappa shape index (κ2) is 8.05. The molecule has 0 radical (unpaired) electrons. The van der Waals surface area contributed by atoms with Gasteiger partial charge in [-0.2, -0.15) is 5.26 Å². The van der Waals surface area contributed by atoms with Crippen molar-refractivity contribution in [2.45, 2.75) is 24.9 Å². The average Bonchev–Trinajstić information content (AvgIpc) is 3.28. The molecule has 0 spiro atoms. The minimum absolute atomic E-state index is 0.0860. The standard InChI is InChI=1S/C21H18N4OS2/c1-14-7-10-19(28-14)17-9-8-15(13-22)20(23-17)27-12-4-11-25-18-6-3-2-5-16(18)24-21(25)26/h2-3,5-10H,4,11-12H2,1H3,(H,24,26). The molecule has 28 heavy (non-hydrogen) atoms. The van der Waals surface area contributed by atoms with Crippen LogP contribution < -0.4 is 5.69 Å². The third kappa shape index (κ3) is 3.75. The van der Waals surface area contributed by atoms with Crippen molar-refractivity contribution in [2.75, 3.05) is 5.75 Å². The second-order valence-electron chi connectivity index (χ2n) is 6.37. The molecule has 4 rings (SSSR count). The predicted octanol–water partition coefficient (Wildman–Crippen LogP) is 4.82. The lowest BCUT2D eigenvalue weighted by Crippen LogP contribution is -2.17. The van der Waals surface area contributed by atoms with E-state index in [0.29, 0.717) is 12.1 Å². The van der Waals surface area contributed by atoms with Crippen LogP contribution in [0.4, 0.5) is 0 Å². The third-order valence-corrected chi connectivity index (χ3v) is 6.52. The molecular formula is C21H18N4OS2. The molecule has 0 bridgehead atoms. The number of nitriles is 1. The molecule has 0 aliphatic heterocycles. The Hall–Kier alpha value is -2.82. The zero-order valence-corrected chi connectivity index (χ0v) is 16.9. The number of pyridine rings is 1. The molecule has 0 fully saturated rings. The zero-order valence-electron chi connectivity index (χ0n) is 15.3. The number of para-hydroxylation sites is 2. The normalized spacial score (nSPS) is 11.0. The molecule has 4 aromatic rings. The number of aromatic nitrogens is 3. The van der Waals surface area contributed by atoms with Gasteiger partial charge in [0.15, 0.2) is 0 Å². The number of aryl methyl sites for hydroxylation is 2. The summed E-state index contributed by atoms with van der Waals surface area (Å²) >= 11 is 3.26. The first kappa shape index (κ1) is 18.5. The highest BCUT2D eigenvalue weighted by atomic mass is 32.2. The van der Waals surface area contributed by atoms with Gasteiger partial charge in [-0.15, -0.1) is 23.1 Å². The first-order valence-electron chi connectivity index (χ1n) is 8.94. The van der Waals surface area contributed by atoms with Crippen LogP contribution >= 0.6 is 23.1 Å². The van der Waals surface area contributed by atoms with E-state index in [-0.39, 0.29) is 5.69 Å². The molecule has 0 atom stereocenters. The highest BCUT2D eigenvalue weighted by Gasteiger charge is 2.10. The van der Waals surface area contributed by atoms with Gasteiger partial charge in [-0.1, -0.05) is 12.1 Å². The van der Waals surface area contributed by atoms with Gasteiger partial charge in [-0.3, -0.25) is 4.57 Å². The molecule has 1 aromatic carbocycles. The number of benzene rings is 1. The average molecular weight is 407 g/mol. The van der Waals surface area contributed by atoms with Crippen molar-refractivity contribution < 1.29 is 0 Å². The van der Waals surface area contributed by atoms with E-state index in [1.165, 1.54) is 4.88 Å². The maximum atomic E-state index is 12.2. The summed E-state index contributed by atoms with van der Waals surface area (Å²) in [6, 6.07) is 17.8. The van der Waals surface area contributed by atoms with Gasteiger partial charge in [0.2, 0.25) is 0 Å². The lowest BCUT2D eigenvalue weighted by Gasteiger charge is -2.06. The van der Waals surface area contributed by atoms with Crippen LogP contribution in [-0.4, -0.2) is 20.3 Å². The van der Waals surface area contributed by atoms with Crippen molar-refractivity contribution in [3.63, 3.8) is 0 Å².